The van der Waals surface area contributed by atoms with Crippen LogP contribution in [0.15, 0.2) is 12.4 Å². The summed E-state index contributed by atoms with van der Waals surface area (Å²) < 4.78 is 6.72. The molecule has 0 fully saturated rings. The molecule has 1 N–H and O–H groups in total. The Kier molecular flexibility index (Phi) is 4.84. The molecule has 0 aliphatic heterocycles. The lowest BCUT2D eigenvalue weighted by Gasteiger charge is -2.19. The van der Waals surface area contributed by atoms with Crippen LogP contribution in [0.5, 0.6) is 0 Å². The average molecular weight is 245 g/mol. The van der Waals surface area contributed by atoms with E-state index < -0.39 is 11.7 Å². The number of ether oxygens (including phenoxy) is 1. The molecule has 18 heavy (non-hydrogen) atoms. The Morgan fingerprint density at radius 1 is 1.56 bits per heavy atom. The molecule has 0 spiro atoms. The van der Waals surface area contributed by atoms with Crippen molar-refractivity contribution in [3.63, 3.8) is 0 Å². The number of amides is 1. The van der Waals surface area contributed by atoms with Gasteiger partial charge in [0.1, 0.15) is 12.1 Å². The standard InChI is InChI=1S/C12H16BN3O2/c1-12(2,3)18-11(17)15-10-8-14-16(9-10)7-5-4-6-13/h8-9H,6-7H2,1-3H3,(H,15,17). The molecule has 0 aliphatic rings. The molecular formula is C12H16BN3O2. The van der Waals surface area contributed by atoms with Gasteiger partial charge in [-0.1, -0.05) is 5.92 Å². The molecule has 0 saturated carbocycles. The maximum absolute atomic E-state index is 11.5. The summed E-state index contributed by atoms with van der Waals surface area (Å²) in [5.74, 6) is 5.57. The highest BCUT2D eigenvalue weighted by molar-refractivity contribution is 6.10. The van der Waals surface area contributed by atoms with Crippen molar-refractivity contribution in [1.82, 2.24) is 9.78 Å². The van der Waals surface area contributed by atoms with E-state index in [9.17, 15) is 4.79 Å². The summed E-state index contributed by atoms with van der Waals surface area (Å²) >= 11 is 0. The number of nitrogens with one attached hydrogen (secondary N) is 1. The molecule has 0 atom stereocenters. The smallest absolute Gasteiger partial charge is 0.412 e. The maximum Gasteiger partial charge on any atom is 0.412 e. The van der Waals surface area contributed by atoms with Crippen LogP contribution in [0.25, 0.3) is 0 Å². The van der Waals surface area contributed by atoms with Crippen LogP contribution in [0.3, 0.4) is 0 Å². The first-order chi connectivity index (χ1) is 8.40. The lowest BCUT2D eigenvalue weighted by molar-refractivity contribution is 0.0636. The van der Waals surface area contributed by atoms with Crippen LogP contribution in [0.2, 0.25) is 6.32 Å². The van der Waals surface area contributed by atoms with Crippen LogP contribution in [-0.4, -0.2) is 29.3 Å². The van der Waals surface area contributed by atoms with E-state index in [0.717, 1.165) is 0 Å². The SMILES string of the molecule is [B]CC#CCn1cc(NC(=O)OC(C)(C)C)cn1. The van der Waals surface area contributed by atoms with Gasteiger partial charge in [0.25, 0.3) is 0 Å². The second-order valence-corrected chi connectivity index (χ2v) is 4.61. The number of anilines is 1. The van der Waals surface area contributed by atoms with Crippen LogP contribution in [0, 0.1) is 11.8 Å². The number of nitrogens with zero attached hydrogens (tertiary/aromatic N) is 2. The molecule has 0 aliphatic carbocycles. The molecule has 0 bridgehead atoms. The molecule has 0 aromatic carbocycles. The second kappa shape index (κ2) is 6.15. The molecule has 1 heterocycles. The molecule has 0 unspecified atom stereocenters. The minimum absolute atomic E-state index is 0.324. The Bertz CT molecular complexity index is 466. The van der Waals surface area contributed by atoms with Crippen molar-refractivity contribution in [2.24, 2.45) is 0 Å². The fraction of sp³-hybridized carbons (Fsp3) is 0.500. The predicted molar refractivity (Wildman–Crippen MR) is 70.4 cm³/mol. The number of hydrogen-bond acceptors (Lipinski definition) is 3. The fourth-order valence-corrected chi connectivity index (χ4v) is 1.15. The summed E-state index contributed by atoms with van der Waals surface area (Å²) in [6.07, 6.45) is 3.03. The van der Waals surface area contributed by atoms with Gasteiger partial charge < -0.3 is 4.74 Å². The van der Waals surface area contributed by atoms with Crippen molar-refractivity contribution in [1.29, 1.82) is 0 Å². The molecule has 2 radical (unpaired) electrons. The van der Waals surface area contributed by atoms with Gasteiger partial charge in [0, 0.05) is 6.20 Å². The van der Waals surface area contributed by atoms with Gasteiger partial charge in [0.05, 0.1) is 19.7 Å². The highest BCUT2D eigenvalue weighted by Gasteiger charge is 2.16. The highest BCUT2D eigenvalue weighted by atomic mass is 16.6. The van der Waals surface area contributed by atoms with E-state index in [1.54, 1.807) is 31.6 Å². The van der Waals surface area contributed by atoms with Crippen LogP contribution >= 0.6 is 0 Å². The zero-order valence-electron chi connectivity index (χ0n) is 10.9. The number of aromatic nitrogens is 2. The molecule has 0 saturated heterocycles. The summed E-state index contributed by atoms with van der Waals surface area (Å²) in [6.45, 7) is 5.85. The molecule has 1 rings (SSSR count). The second-order valence-electron chi connectivity index (χ2n) is 4.61. The monoisotopic (exact) mass is 245 g/mol. The third kappa shape index (κ3) is 5.44. The van der Waals surface area contributed by atoms with E-state index in [0.29, 0.717) is 18.6 Å². The number of carbonyl (C=O) groups is 1. The van der Waals surface area contributed by atoms with E-state index >= 15 is 0 Å². The summed E-state index contributed by atoms with van der Waals surface area (Å²) in [4.78, 5) is 11.5. The van der Waals surface area contributed by atoms with Crippen LogP contribution < -0.4 is 5.32 Å². The van der Waals surface area contributed by atoms with Gasteiger partial charge >= 0.3 is 6.09 Å². The van der Waals surface area contributed by atoms with E-state index in [1.807, 2.05) is 0 Å². The summed E-state index contributed by atoms with van der Waals surface area (Å²) in [6, 6.07) is 0. The minimum Gasteiger partial charge on any atom is -0.444 e. The summed E-state index contributed by atoms with van der Waals surface area (Å²) in [5.41, 5.74) is 0.0472. The van der Waals surface area contributed by atoms with Crippen molar-refractivity contribution in [3.8, 4) is 11.8 Å². The molecule has 5 nitrogen and oxygen atoms in total. The quantitative estimate of drug-likeness (QED) is 0.638. The minimum atomic E-state index is -0.521. The van der Waals surface area contributed by atoms with Gasteiger partial charge in [-0.05, 0) is 27.1 Å². The Morgan fingerprint density at radius 2 is 2.28 bits per heavy atom. The summed E-state index contributed by atoms with van der Waals surface area (Å²) in [5, 5.41) is 6.63. The first kappa shape index (κ1) is 14.2. The van der Waals surface area contributed by atoms with Gasteiger partial charge in [-0.3, -0.25) is 10.00 Å². The summed E-state index contributed by atoms with van der Waals surface area (Å²) in [7, 11) is 5.25. The maximum atomic E-state index is 11.5. The zero-order valence-corrected chi connectivity index (χ0v) is 10.9. The van der Waals surface area contributed by atoms with Gasteiger partial charge in [0.2, 0.25) is 0 Å². The normalized spacial score (nSPS) is 10.4. The van der Waals surface area contributed by atoms with Crippen molar-refractivity contribution in [2.45, 2.75) is 39.2 Å². The molecule has 1 amide bonds. The van der Waals surface area contributed by atoms with Gasteiger partial charge in [-0.2, -0.15) is 5.10 Å². The molecule has 1 aromatic heterocycles. The third-order valence-electron chi connectivity index (χ3n) is 1.75. The van der Waals surface area contributed by atoms with Crippen molar-refractivity contribution < 1.29 is 9.53 Å². The van der Waals surface area contributed by atoms with Gasteiger partial charge in [0.15, 0.2) is 0 Å². The lowest BCUT2D eigenvalue weighted by atomic mass is 10.1. The van der Waals surface area contributed by atoms with E-state index in [1.165, 1.54) is 6.20 Å². The lowest BCUT2D eigenvalue weighted by Crippen LogP contribution is -2.27. The van der Waals surface area contributed by atoms with Gasteiger partial charge in [-0.15, -0.1) is 5.92 Å². The molecule has 6 heteroatoms. The van der Waals surface area contributed by atoms with E-state index in [4.69, 9.17) is 12.6 Å². The highest BCUT2D eigenvalue weighted by Crippen LogP contribution is 2.10. The van der Waals surface area contributed by atoms with Crippen molar-refractivity contribution in [2.75, 3.05) is 5.32 Å². The van der Waals surface area contributed by atoms with E-state index in [2.05, 4.69) is 22.3 Å². The third-order valence-corrected chi connectivity index (χ3v) is 1.75. The Labute approximate surface area is 108 Å². The van der Waals surface area contributed by atoms with Crippen molar-refractivity contribution in [3.05, 3.63) is 12.4 Å². The fourth-order valence-electron chi connectivity index (χ4n) is 1.15. The van der Waals surface area contributed by atoms with Crippen LogP contribution in [0.1, 0.15) is 20.8 Å². The Balaban J connectivity index is 2.51. The Morgan fingerprint density at radius 3 is 2.89 bits per heavy atom. The number of rotatable bonds is 2. The van der Waals surface area contributed by atoms with Gasteiger partial charge in [-0.25, -0.2) is 4.79 Å². The molecule has 1 aromatic rings. The topological polar surface area (TPSA) is 56.2 Å². The average Bonchev–Trinajstić information content (AvgIpc) is 2.63. The molecule has 94 valence electrons. The largest absolute Gasteiger partial charge is 0.444 e. The van der Waals surface area contributed by atoms with Crippen LogP contribution in [-0.2, 0) is 11.3 Å². The predicted octanol–water partition coefficient (Wildman–Crippen LogP) is 1.82. The first-order valence-electron chi connectivity index (χ1n) is 5.59. The Hall–Kier alpha value is -1.90. The first-order valence-corrected chi connectivity index (χ1v) is 5.59. The number of carbonyl (C=O) groups excluding carboxylic acids is 1. The molecular weight excluding hydrogens is 229 g/mol. The zero-order chi connectivity index (χ0) is 13.6. The van der Waals surface area contributed by atoms with Crippen LogP contribution in [0.4, 0.5) is 10.5 Å². The van der Waals surface area contributed by atoms with E-state index in [-0.39, 0.29) is 0 Å². The number of hydrogen-bond donors (Lipinski definition) is 1. The van der Waals surface area contributed by atoms with Crippen molar-refractivity contribution >= 4 is 19.6 Å².